The molecule has 3 rings (SSSR count). The Morgan fingerprint density at radius 3 is 2.88 bits per heavy atom. The number of hydrogen-bond donors (Lipinski definition) is 2. The molecule has 0 spiro atoms. The summed E-state index contributed by atoms with van der Waals surface area (Å²) in [5, 5.41) is 12.2. The molecule has 0 radical (unpaired) electrons. The number of aliphatic carboxylic acids is 1. The highest BCUT2D eigenvalue weighted by Gasteiger charge is 2.22. The summed E-state index contributed by atoms with van der Waals surface area (Å²) >= 11 is 0. The SMILES string of the molecule is O=C(O)C1=CC2=C(NC1)c1ccccc1CC2. The maximum absolute atomic E-state index is 10.9. The first-order chi connectivity index (χ1) is 8.25. The van der Waals surface area contributed by atoms with E-state index >= 15 is 0 Å². The molecule has 0 amide bonds. The molecule has 0 saturated heterocycles. The Morgan fingerprint density at radius 2 is 2.06 bits per heavy atom. The van der Waals surface area contributed by atoms with Gasteiger partial charge in [-0.3, -0.25) is 0 Å². The third-order valence-electron chi connectivity index (χ3n) is 3.35. The second-order valence-corrected chi connectivity index (χ2v) is 4.39. The molecule has 0 fully saturated rings. The molecule has 1 heterocycles. The standard InChI is InChI=1S/C14H13NO2/c16-14(17)11-7-10-6-5-9-3-1-2-4-12(9)13(10)15-8-11/h1-4,7,15H,5-6,8H2,(H,16,17). The summed E-state index contributed by atoms with van der Waals surface area (Å²) in [4.78, 5) is 10.9. The first-order valence-corrected chi connectivity index (χ1v) is 5.75. The van der Waals surface area contributed by atoms with E-state index < -0.39 is 5.97 Å². The van der Waals surface area contributed by atoms with E-state index in [1.165, 1.54) is 11.1 Å². The molecule has 2 aliphatic rings. The second kappa shape index (κ2) is 3.77. The van der Waals surface area contributed by atoms with Gasteiger partial charge in [-0.15, -0.1) is 0 Å². The zero-order valence-corrected chi connectivity index (χ0v) is 9.36. The van der Waals surface area contributed by atoms with Crippen molar-refractivity contribution in [1.82, 2.24) is 5.32 Å². The van der Waals surface area contributed by atoms with Gasteiger partial charge < -0.3 is 10.4 Å². The van der Waals surface area contributed by atoms with Crippen LogP contribution >= 0.6 is 0 Å². The van der Waals surface area contributed by atoms with Crippen molar-refractivity contribution in [2.45, 2.75) is 12.8 Å². The van der Waals surface area contributed by atoms with E-state index in [0.717, 1.165) is 24.1 Å². The predicted octanol–water partition coefficient (Wildman–Crippen LogP) is 1.96. The molecular weight excluding hydrogens is 214 g/mol. The zero-order chi connectivity index (χ0) is 11.8. The number of carboxylic acids is 1. The van der Waals surface area contributed by atoms with Gasteiger partial charge >= 0.3 is 5.97 Å². The molecule has 3 heteroatoms. The van der Waals surface area contributed by atoms with Crippen LogP contribution in [-0.4, -0.2) is 17.6 Å². The van der Waals surface area contributed by atoms with Crippen molar-refractivity contribution in [3.63, 3.8) is 0 Å². The number of allylic oxidation sites excluding steroid dienone is 2. The molecule has 0 aromatic heterocycles. The van der Waals surface area contributed by atoms with Crippen LogP contribution in [-0.2, 0) is 11.2 Å². The van der Waals surface area contributed by atoms with Crippen LogP contribution in [0.5, 0.6) is 0 Å². The minimum atomic E-state index is -0.831. The van der Waals surface area contributed by atoms with E-state index in [0.29, 0.717) is 12.1 Å². The number of rotatable bonds is 1. The largest absolute Gasteiger partial charge is 0.478 e. The average Bonchev–Trinajstić information content (AvgIpc) is 2.38. The van der Waals surface area contributed by atoms with Gasteiger partial charge in [0.05, 0.1) is 5.57 Å². The van der Waals surface area contributed by atoms with Crippen LogP contribution < -0.4 is 5.32 Å². The summed E-state index contributed by atoms with van der Waals surface area (Å²) in [6.07, 6.45) is 3.72. The summed E-state index contributed by atoms with van der Waals surface area (Å²) in [6.45, 7) is 0.405. The molecule has 0 saturated carbocycles. The quantitative estimate of drug-likeness (QED) is 0.771. The number of nitrogens with one attached hydrogen (secondary N) is 1. The molecule has 17 heavy (non-hydrogen) atoms. The fourth-order valence-electron chi connectivity index (χ4n) is 2.48. The molecule has 0 bridgehead atoms. The van der Waals surface area contributed by atoms with Gasteiger partial charge in [0, 0.05) is 17.8 Å². The van der Waals surface area contributed by atoms with Crippen LogP contribution in [0.2, 0.25) is 0 Å². The van der Waals surface area contributed by atoms with Crippen molar-refractivity contribution in [3.8, 4) is 0 Å². The van der Waals surface area contributed by atoms with Crippen LogP contribution in [0.1, 0.15) is 17.5 Å². The smallest absolute Gasteiger partial charge is 0.333 e. The number of benzene rings is 1. The van der Waals surface area contributed by atoms with Gasteiger partial charge in [0.1, 0.15) is 0 Å². The first-order valence-electron chi connectivity index (χ1n) is 5.75. The Kier molecular flexibility index (Phi) is 2.25. The van der Waals surface area contributed by atoms with Crippen LogP contribution in [0, 0.1) is 0 Å². The first kappa shape index (κ1) is 10.1. The second-order valence-electron chi connectivity index (χ2n) is 4.39. The number of aryl methyl sites for hydroxylation is 1. The number of dihydropyridines is 1. The van der Waals surface area contributed by atoms with Gasteiger partial charge in [0.15, 0.2) is 0 Å². The van der Waals surface area contributed by atoms with E-state index in [9.17, 15) is 4.79 Å². The van der Waals surface area contributed by atoms with E-state index in [1.54, 1.807) is 0 Å². The molecule has 86 valence electrons. The summed E-state index contributed by atoms with van der Waals surface area (Å²) in [5.41, 5.74) is 5.23. The van der Waals surface area contributed by atoms with Crippen LogP contribution in [0.3, 0.4) is 0 Å². The van der Waals surface area contributed by atoms with Gasteiger partial charge in [0.2, 0.25) is 0 Å². The summed E-state index contributed by atoms with van der Waals surface area (Å²) in [5.74, 6) is -0.831. The maximum atomic E-state index is 10.9. The Balaban J connectivity index is 2.09. The normalized spacial score (nSPS) is 17.8. The molecule has 1 aliphatic carbocycles. The monoisotopic (exact) mass is 227 g/mol. The predicted molar refractivity (Wildman–Crippen MR) is 65.4 cm³/mol. The molecular formula is C14H13NO2. The molecule has 1 aromatic carbocycles. The van der Waals surface area contributed by atoms with E-state index in [2.05, 4.69) is 17.4 Å². The molecule has 0 atom stereocenters. The fourth-order valence-corrected chi connectivity index (χ4v) is 2.48. The summed E-state index contributed by atoms with van der Waals surface area (Å²) in [7, 11) is 0. The van der Waals surface area contributed by atoms with E-state index in [1.807, 2.05) is 18.2 Å². The van der Waals surface area contributed by atoms with Crippen molar-refractivity contribution < 1.29 is 9.90 Å². The van der Waals surface area contributed by atoms with Crippen molar-refractivity contribution in [3.05, 3.63) is 52.6 Å². The van der Waals surface area contributed by atoms with Crippen molar-refractivity contribution in [2.75, 3.05) is 6.54 Å². The zero-order valence-electron chi connectivity index (χ0n) is 9.36. The lowest BCUT2D eigenvalue weighted by Gasteiger charge is -2.26. The van der Waals surface area contributed by atoms with E-state index in [4.69, 9.17) is 5.11 Å². The average molecular weight is 227 g/mol. The number of carboxylic acid groups (broad SMARTS) is 1. The van der Waals surface area contributed by atoms with Crippen molar-refractivity contribution in [2.24, 2.45) is 0 Å². The lowest BCUT2D eigenvalue weighted by atomic mass is 9.87. The Hall–Kier alpha value is -2.03. The van der Waals surface area contributed by atoms with Crippen molar-refractivity contribution >= 4 is 11.7 Å². The number of hydrogen-bond acceptors (Lipinski definition) is 2. The van der Waals surface area contributed by atoms with Crippen LogP contribution in [0.4, 0.5) is 0 Å². The highest BCUT2D eigenvalue weighted by Crippen LogP contribution is 2.32. The lowest BCUT2D eigenvalue weighted by Crippen LogP contribution is -2.27. The Labute approximate surface area is 99.5 Å². The molecule has 1 aromatic rings. The van der Waals surface area contributed by atoms with E-state index in [-0.39, 0.29) is 0 Å². The molecule has 3 nitrogen and oxygen atoms in total. The van der Waals surface area contributed by atoms with Gasteiger partial charge in [0.25, 0.3) is 0 Å². The Bertz CT molecular complexity index is 555. The third kappa shape index (κ3) is 1.64. The third-order valence-corrected chi connectivity index (χ3v) is 3.35. The highest BCUT2D eigenvalue weighted by molar-refractivity contribution is 5.90. The lowest BCUT2D eigenvalue weighted by molar-refractivity contribution is -0.132. The summed E-state index contributed by atoms with van der Waals surface area (Å²) in [6, 6.07) is 8.30. The summed E-state index contributed by atoms with van der Waals surface area (Å²) < 4.78 is 0. The molecule has 0 unspecified atom stereocenters. The molecule has 1 aliphatic heterocycles. The fraction of sp³-hybridized carbons (Fsp3) is 0.214. The van der Waals surface area contributed by atoms with Gasteiger partial charge in [-0.2, -0.15) is 0 Å². The number of carbonyl (C=O) groups is 1. The maximum Gasteiger partial charge on any atom is 0.333 e. The Morgan fingerprint density at radius 1 is 1.24 bits per heavy atom. The van der Waals surface area contributed by atoms with Gasteiger partial charge in [-0.05, 0) is 30.1 Å². The van der Waals surface area contributed by atoms with Crippen LogP contribution in [0.25, 0.3) is 5.70 Å². The number of fused-ring (bicyclic) bond motifs is 2. The van der Waals surface area contributed by atoms with Gasteiger partial charge in [-0.1, -0.05) is 24.3 Å². The van der Waals surface area contributed by atoms with Crippen LogP contribution in [0.15, 0.2) is 41.5 Å². The van der Waals surface area contributed by atoms with Crippen molar-refractivity contribution in [1.29, 1.82) is 0 Å². The minimum Gasteiger partial charge on any atom is -0.478 e. The minimum absolute atomic E-state index is 0.405. The van der Waals surface area contributed by atoms with Gasteiger partial charge in [-0.25, -0.2) is 4.79 Å². The highest BCUT2D eigenvalue weighted by atomic mass is 16.4. The molecule has 2 N–H and O–H groups in total. The topological polar surface area (TPSA) is 49.3 Å².